The first-order chi connectivity index (χ1) is 26.8. The van der Waals surface area contributed by atoms with E-state index < -0.39 is 0 Å². The first-order valence-corrected chi connectivity index (χ1v) is 19.5. The molecule has 3 aliphatic rings. The quantitative estimate of drug-likeness (QED) is 0.159. The molecule has 0 saturated heterocycles. The van der Waals surface area contributed by atoms with Crippen LogP contribution in [0.2, 0.25) is 0 Å². The highest BCUT2D eigenvalue weighted by atomic mass is 14.5. The number of fused-ring (bicyclic) bond motifs is 13. The van der Waals surface area contributed by atoms with Crippen LogP contribution in [-0.2, 0) is 10.8 Å². The topological polar surface area (TPSA) is 0 Å². The lowest BCUT2D eigenvalue weighted by Gasteiger charge is -2.30. The van der Waals surface area contributed by atoms with Crippen LogP contribution in [0.15, 0.2) is 188 Å². The number of benzene rings is 8. The lowest BCUT2D eigenvalue weighted by Crippen LogP contribution is -2.25. The van der Waals surface area contributed by atoms with Crippen LogP contribution in [0.4, 0.5) is 0 Å². The Labute approximate surface area is 326 Å². The summed E-state index contributed by atoms with van der Waals surface area (Å²) in [6.45, 7) is 11.1. The van der Waals surface area contributed by atoms with E-state index in [9.17, 15) is 0 Å². The molecule has 8 aromatic rings. The zero-order chi connectivity index (χ0) is 37.7. The van der Waals surface area contributed by atoms with Crippen LogP contribution in [0, 0.1) is 20.8 Å². The Morgan fingerprint density at radius 1 is 0.309 bits per heavy atom. The monoisotopic (exact) mass is 706 g/mol. The highest BCUT2D eigenvalue weighted by molar-refractivity contribution is 5.95. The molecule has 0 heteroatoms. The second-order valence-corrected chi connectivity index (χ2v) is 15.8. The fourth-order valence-corrected chi connectivity index (χ4v) is 9.52. The summed E-state index contributed by atoms with van der Waals surface area (Å²) in [5.41, 5.74) is 23.5. The molecule has 0 heterocycles. The van der Waals surface area contributed by atoms with E-state index in [0.717, 1.165) is 0 Å². The summed E-state index contributed by atoms with van der Waals surface area (Å²) in [5, 5.41) is 0. The summed E-state index contributed by atoms with van der Waals surface area (Å²) in [5.74, 6) is 0. The van der Waals surface area contributed by atoms with Gasteiger partial charge in [0.05, 0.1) is 5.41 Å². The van der Waals surface area contributed by atoms with Crippen LogP contribution in [0.25, 0.3) is 44.5 Å². The molecule has 3 aliphatic carbocycles. The number of rotatable bonds is 1. The van der Waals surface area contributed by atoms with Crippen molar-refractivity contribution in [3.8, 4) is 44.5 Å². The van der Waals surface area contributed by atoms with Crippen molar-refractivity contribution in [1.82, 2.24) is 0 Å². The molecule has 0 aliphatic heterocycles. The maximum absolute atomic E-state index is 2.33. The first kappa shape index (κ1) is 34.5. The highest BCUT2D eigenvalue weighted by Gasteiger charge is 2.51. The lowest BCUT2D eigenvalue weighted by molar-refractivity contribution is 0.660. The Morgan fingerprint density at radius 3 is 1.36 bits per heavy atom. The molecule has 11 rings (SSSR count). The minimum absolute atomic E-state index is 0.151. The van der Waals surface area contributed by atoms with Gasteiger partial charge in [0.1, 0.15) is 0 Å². The van der Waals surface area contributed by atoms with Gasteiger partial charge in [0.25, 0.3) is 0 Å². The average Bonchev–Trinajstić information content (AvgIpc) is 3.78. The van der Waals surface area contributed by atoms with E-state index in [-0.39, 0.29) is 10.8 Å². The zero-order valence-corrected chi connectivity index (χ0v) is 32.4. The van der Waals surface area contributed by atoms with Crippen molar-refractivity contribution >= 4 is 0 Å². The molecule has 0 saturated carbocycles. The third kappa shape index (κ3) is 5.51. The van der Waals surface area contributed by atoms with Crippen molar-refractivity contribution in [2.24, 2.45) is 0 Å². The van der Waals surface area contributed by atoms with Gasteiger partial charge < -0.3 is 0 Å². The fourth-order valence-electron chi connectivity index (χ4n) is 9.52. The summed E-state index contributed by atoms with van der Waals surface area (Å²) < 4.78 is 0. The molecule has 8 aromatic carbocycles. The molecule has 0 fully saturated rings. The minimum Gasteiger partial charge on any atom is -0.0622 e. The highest BCUT2D eigenvalue weighted by Crippen LogP contribution is 2.63. The summed E-state index contributed by atoms with van der Waals surface area (Å²) in [4.78, 5) is 0. The third-order valence-electron chi connectivity index (χ3n) is 12.1. The number of aryl methyl sites for hydroxylation is 3. The molecule has 0 atom stereocenters. The molecule has 0 nitrogen and oxygen atoms in total. The Morgan fingerprint density at radius 2 is 0.745 bits per heavy atom. The Hall–Kier alpha value is -6.24. The molecule has 0 amide bonds. The predicted octanol–water partition coefficient (Wildman–Crippen LogP) is 14.3. The maximum Gasteiger partial charge on any atom is 0.0725 e. The zero-order valence-electron chi connectivity index (χ0n) is 32.4. The molecule has 0 N–H and O–H groups in total. The van der Waals surface area contributed by atoms with Gasteiger partial charge in [-0.1, -0.05) is 213 Å². The van der Waals surface area contributed by atoms with Crippen molar-refractivity contribution in [2.45, 2.75) is 45.4 Å². The predicted molar refractivity (Wildman–Crippen MR) is 233 cm³/mol. The molecule has 55 heavy (non-hydrogen) atoms. The van der Waals surface area contributed by atoms with E-state index in [1.165, 1.54) is 94.6 Å². The van der Waals surface area contributed by atoms with Gasteiger partial charge in [0, 0.05) is 5.41 Å². The molecule has 1 spiro atoms. The van der Waals surface area contributed by atoms with Crippen molar-refractivity contribution in [3.63, 3.8) is 0 Å². The lowest BCUT2D eigenvalue weighted by atomic mass is 9.70. The van der Waals surface area contributed by atoms with Gasteiger partial charge in [0.2, 0.25) is 0 Å². The van der Waals surface area contributed by atoms with E-state index in [0.29, 0.717) is 0 Å². The largest absolute Gasteiger partial charge is 0.0725 e. The number of hydrogen-bond donors (Lipinski definition) is 0. The van der Waals surface area contributed by atoms with E-state index in [1.54, 1.807) is 0 Å². The molecule has 0 unspecified atom stereocenters. The van der Waals surface area contributed by atoms with Gasteiger partial charge in [-0.2, -0.15) is 0 Å². The molecule has 266 valence electrons. The Kier molecular flexibility index (Phi) is 8.51. The van der Waals surface area contributed by atoms with E-state index in [1.807, 2.05) is 6.07 Å². The first-order valence-electron chi connectivity index (χ1n) is 19.5. The smallest absolute Gasteiger partial charge is 0.0622 e. The van der Waals surface area contributed by atoms with Gasteiger partial charge in [-0.25, -0.2) is 0 Å². The molecular weight excluding hydrogens is 661 g/mol. The van der Waals surface area contributed by atoms with Crippen molar-refractivity contribution in [3.05, 3.63) is 238 Å². The molecular formula is C55H46. The minimum atomic E-state index is -0.189. The van der Waals surface area contributed by atoms with E-state index in [2.05, 4.69) is 217 Å². The normalized spacial score (nSPS) is 13.8. The average molecular weight is 707 g/mol. The van der Waals surface area contributed by atoms with Gasteiger partial charge >= 0.3 is 0 Å². The van der Waals surface area contributed by atoms with E-state index in [4.69, 9.17) is 0 Å². The second-order valence-electron chi connectivity index (χ2n) is 15.8. The molecule has 0 bridgehead atoms. The summed E-state index contributed by atoms with van der Waals surface area (Å²) in [6, 6.07) is 68.2. The third-order valence-corrected chi connectivity index (χ3v) is 12.1. The summed E-state index contributed by atoms with van der Waals surface area (Å²) >= 11 is 0. The van der Waals surface area contributed by atoms with Gasteiger partial charge in [-0.15, -0.1) is 0 Å². The van der Waals surface area contributed by atoms with Gasteiger partial charge in [0.15, 0.2) is 0 Å². The Bertz CT molecular complexity index is 2640. The van der Waals surface area contributed by atoms with Crippen LogP contribution in [0.3, 0.4) is 0 Å². The summed E-state index contributed by atoms with van der Waals surface area (Å²) in [7, 11) is 0. The molecule has 0 radical (unpaired) electrons. The van der Waals surface area contributed by atoms with Crippen molar-refractivity contribution < 1.29 is 0 Å². The van der Waals surface area contributed by atoms with Gasteiger partial charge in [-0.05, 0) is 104 Å². The fraction of sp³-hybridized carbons (Fsp3) is 0.127. The second kappa shape index (κ2) is 13.6. The van der Waals surface area contributed by atoms with Gasteiger partial charge in [-0.3, -0.25) is 0 Å². The van der Waals surface area contributed by atoms with Crippen LogP contribution in [-0.4, -0.2) is 0 Å². The maximum atomic E-state index is 2.33. The van der Waals surface area contributed by atoms with Crippen LogP contribution >= 0.6 is 0 Å². The number of hydrogen-bond acceptors (Lipinski definition) is 0. The van der Waals surface area contributed by atoms with Crippen molar-refractivity contribution in [2.75, 3.05) is 0 Å². The van der Waals surface area contributed by atoms with Crippen molar-refractivity contribution in [1.29, 1.82) is 0 Å². The Balaban J connectivity index is 0.000000117. The van der Waals surface area contributed by atoms with E-state index >= 15 is 0 Å². The SMILES string of the molecule is Cc1ccc(-c2ccccc2)cc1.Cc1ccc2c(c1)C(C)(C)c1ccccc1-2.Cc1cccc2c1-c1ccccc1C21c2ccccc2-c2ccccc21. The summed E-state index contributed by atoms with van der Waals surface area (Å²) in [6.07, 6.45) is 0. The van der Waals surface area contributed by atoms with Crippen LogP contribution in [0.1, 0.15) is 63.9 Å². The standard InChI is InChI=1S/C26H18.C16H16.C13H12/c1-17-9-8-16-24-25(17)20-12-4-7-15-23(20)26(24)21-13-5-2-10-18(21)19-11-3-6-14-22(19)26;1-11-8-9-13-12-6-4-5-7-14(12)16(2,3)15(13)10-11;1-11-7-9-13(10-8-11)12-5-3-2-4-6-12/h2-16H,1H3;4-10H,1-3H3;2-10H,1H3. The van der Waals surface area contributed by atoms with Crippen LogP contribution in [0.5, 0.6) is 0 Å². The molecule has 0 aromatic heterocycles. The van der Waals surface area contributed by atoms with Crippen LogP contribution < -0.4 is 0 Å².